The van der Waals surface area contributed by atoms with E-state index in [4.69, 9.17) is 0 Å². The van der Waals surface area contributed by atoms with E-state index in [2.05, 4.69) is 10.6 Å². The molecule has 1 amide bonds. The predicted molar refractivity (Wildman–Crippen MR) is 101 cm³/mol. The molecule has 6 heteroatoms. The molecule has 144 valence electrons. The highest BCUT2D eigenvalue weighted by molar-refractivity contribution is 6.38. The van der Waals surface area contributed by atoms with Gasteiger partial charge >= 0.3 is 5.97 Å². The number of Topliss-reactive ketones (excluding diaryl/α,β-unsaturated/α-hetero) is 1. The Morgan fingerprint density at radius 3 is 2.23 bits per heavy atom. The first-order valence-corrected chi connectivity index (χ1v) is 9.01. The molecule has 0 aliphatic rings. The number of carbonyl (C=O) groups excluding carboxylic acids is 2. The Morgan fingerprint density at radius 1 is 1.12 bits per heavy atom. The van der Waals surface area contributed by atoms with Gasteiger partial charge in [-0.1, -0.05) is 64.4 Å². The van der Waals surface area contributed by atoms with E-state index in [-0.39, 0.29) is 0 Å². The predicted octanol–water partition coefficient (Wildman–Crippen LogP) is 2.17. The number of benzene rings is 1. The van der Waals surface area contributed by atoms with E-state index in [9.17, 15) is 19.5 Å². The van der Waals surface area contributed by atoms with E-state index in [0.29, 0.717) is 13.0 Å². The number of hydrogen-bond acceptors (Lipinski definition) is 4. The number of nitrogens with one attached hydrogen (secondary N) is 2. The first-order valence-electron chi connectivity index (χ1n) is 9.01. The fourth-order valence-electron chi connectivity index (χ4n) is 2.66. The maximum Gasteiger partial charge on any atom is 0.326 e. The number of ketones is 1. The van der Waals surface area contributed by atoms with Crippen molar-refractivity contribution < 1.29 is 19.5 Å². The molecular weight excluding hydrogens is 332 g/mol. The summed E-state index contributed by atoms with van der Waals surface area (Å²) in [5.74, 6) is -2.61. The van der Waals surface area contributed by atoms with Crippen LogP contribution in [-0.2, 0) is 20.8 Å². The zero-order chi connectivity index (χ0) is 19.7. The maximum atomic E-state index is 12.5. The molecular formula is C20H30N2O4. The Kier molecular flexibility index (Phi) is 8.45. The second-order valence-electron chi connectivity index (χ2n) is 7.51. The van der Waals surface area contributed by atoms with Gasteiger partial charge in [0, 0.05) is 0 Å². The number of amides is 1. The third kappa shape index (κ3) is 6.96. The van der Waals surface area contributed by atoms with Crippen molar-refractivity contribution in [1.82, 2.24) is 10.6 Å². The molecule has 2 atom stereocenters. The summed E-state index contributed by atoms with van der Waals surface area (Å²) in [5.41, 5.74) is 0.453. The molecule has 0 bridgehead atoms. The van der Waals surface area contributed by atoms with Gasteiger partial charge in [-0.2, -0.15) is 0 Å². The normalized spacial score (nSPS) is 13.7. The van der Waals surface area contributed by atoms with E-state index in [1.54, 1.807) is 20.8 Å². The molecule has 1 aromatic carbocycles. The standard InChI is InChI=1S/C20H30N2O4/c1-5-9-15(21-13-12-14-10-7-6-8-11-14)16(23)18(24)22-17(19(25)26)20(2,3)4/h6-8,10-11,15,17,21H,5,9,12-13H2,1-4H3,(H,22,24)(H,25,26). The number of hydrogen-bond donors (Lipinski definition) is 3. The van der Waals surface area contributed by atoms with Gasteiger partial charge in [-0.15, -0.1) is 0 Å². The van der Waals surface area contributed by atoms with Gasteiger partial charge in [0.05, 0.1) is 6.04 Å². The molecule has 0 radical (unpaired) electrons. The van der Waals surface area contributed by atoms with Crippen molar-refractivity contribution in [3.05, 3.63) is 35.9 Å². The fourth-order valence-corrected chi connectivity index (χ4v) is 2.66. The number of aliphatic carboxylic acids is 1. The molecule has 0 saturated carbocycles. The second-order valence-corrected chi connectivity index (χ2v) is 7.51. The van der Waals surface area contributed by atoms with Crippen LogP contribution in [0.2, 0.25) is 0 Å². The zero-order valence-electron chi connectivity index (χ0n) is 16.0. The monoisotopic (exact) mass is 362 g/mol. The van der Waals surface area contributed by atoms with Crippen LogP contribution in [-0.4, -0.2) is 41.4 Å². The summed E-state index contributed by atoms with van der Waals surface area (Å²) in [4.78, 5) is 36.2. The molecule has 0 spiro atoms. The molecule has 3 N–H and O–H groups in total. The van der Waals surface area contributed by atoms with Crippen LogP contribution in [0.5, 0.6) is 0 Å². The summed E-state index contributed by atoms with van der Waals surface area (Å²) in [5, 5.41) is 14.8. The van der Waals surface area contributed by atoms with Gasteiger partial charge < -0.3 is 15.7 Å². The van der Waals surface area contributed by atoms with Crippen molar-refractivity contribution in [3.63, 3.8) is 0 Å². The number of carbonyl (C=O) groups is 3. The van der Waals surface area contributed by atoms with Crippen LogP contribution in [0.4, 0.5) is 0 Å². The third-order valence-corrected chi connectivity index (χ3v) is 4.15. The molecule has 0 fully saturated rings. The minimum Gasteiger partial charge on any atom is -0.480 e. The van der Waals surface area contributed by atoms with Gasteiger partial charge in [-0.3, -0.25) is 9.59 Å². The Balaban J connectivity index is 2.67. The lowest BCUT2D eigenvalue weighted by atomic mass is 9.86. The first-order chi connectivity index (χ1) is 12.2. The summed E-state index contributed by atoms with van der Waals surface area (Å²) < 4.78 is 0. The van der Waals surface area contributed by atoms with Gasteiger partial charge in [0.25, 0.3) is 5.91 Å². The molecule has 26 heavy (non-hydrogen) atoms. The largest absolute Gasteiger partial charge is 0.480 e. The minimum absolute atomic E-state index is 0.522. The smallest absolute Gasteiger partial charge is 0.326 e. The molecule has 0 heterocycles. The lowest BCUT2D eigenvalue weighted by Crippen LogP contribution is -2.54. The van der Waals surface area contributed by atoms with Crippen LogP contribution >= 0.6 is 0 Å². The molecule has 0 aliphatic heterocycles. The van der Waals surface area contributed by atoms with Gasteiger partial charge in [-0.05, 0) is 30.4 Å². The molecule has 2 unspecified atom stereocenters. The maximum absolute atomic E-state index is 12.5. The molecule has 1 rings (SSSR count). The molecule has 6 nitrogen and oxygen atoms in total. The fraction of sp³-hybridized carbons (Fsp3) is 0.550. The highest BCUT2D eigenvalue weighted by atomic mass is 16.4. The average molecular weight is 362 g/mol. The van der Waals surface area contributed by atoms with Crippen LogP contribution in [0, 0.1) is 5.41 Å². The van der Waals surface area contributed by atoms with E-state index in [1.165, 1.54) is 0 Å². The summed E-state index contributed by atoms with van der Waals surface area (Å²) in [6.45, 7) is 7.62. The summed E-state index contributed by atoms with van der Waals surface area (Å²) in [6.07, 6.45) is 2.01. The van der Waals surface area contributed by atoms with E-state index < -0.39 is 35.2 Å². The summed E-state index contributed by atoms with van der Waals surface area (Å²) >= 11 is 0. The van der Waals surface area contributed by atoms with Crippen molar-refractivity contribution in [3.8, 4) is 0 Å². The van der Waals surface area contributed by atoms with Crippen molar-refractivity contribution in [2.75, 3.05) is 6.54 Å². The lowest BCUT2D eigenvalue weighted by Gasteiger charge is -2.28. The molecule has 0 aromatic heterocycles. The summed E-state index contributed by atoms with van der Waals surface area (Å²) in [7, 11) is 0. The number of carboxylic acid groups (broad SMARTS) is 1. The Hall–Kier alpha value is -2.21. The first kappa shape index (κ1) is 21.8. The van der Waals surface area contributed by atoms with Crippen LogP contribution < -0.4 is 10.6 Å². The number of rotatable bonds is 10. The van der Waals surface area contributed by atoms with Crippen molar-refractivity contribution in [1.29, 1.82) is 0 Å². The van der Waals surface area contributed by atoms with E-state index in [0.717, 1.165) is 18.4 Å². The van der Waals surface area contributed by atoms with Gasteiger partial charge in [0.15, 0.2) is 0 Å². The molecule has 0 aliphatic carbocycles. The van der Waals surface area contributed by atoms with Crippen molar-refractivity contribution in [2.24, 2.45) is 5.41 Å². The van der Waals surface area contributed by atoms with Crippen molar-refractivity contribution >= 4 is 17.7 Å². The van der Waals surface area contributed by atoms with Crippen LogP contribution in [0.15, 0.2) is 30.3 Å². The van der Waals surface area contributed by atoms with E-state index in [1.807, 2.05) is 37.3 Å². The van der Waals surface area contributed by atoms with Gasteiger partial charge in [0.2, 0.25) is 5.78 Å². The average Bonchev–Trinajstić information content (AvgIpc) is 2.57. The van der Waals surface area contributed by atoms with Crippen molar-refractivity contribution in [2.45, 2.75) is 59.0 Å². The highest BCUT2D eigenvalue weighted by Gasteiger charge is 2.35. The molecule has 0 saturated heterocycles. The SMILES string of the molecule is CCCC(NCCc1ccccc1)C(=O)C(=O)NC(C(=O)O)C(C)(C)C. The summed E-state index contributed by atoms with van der Waals surface area (Å²) in [6, 6.07) is 8.13. The Morgan fingerprint density at radius 2 is 1.73 bits per heavy atom. The quantitative estimate of drug-likeness (QED) is 0.555. The topological polar surface area (TPSA) is 95.5 Å². The number of carboxylic acids is 1. The van der Waals surface area contributed by atoms with Gasteiger partial charge in [-0.25, -0.2) is 4.79 Å². The zero-order valence-corrected chi connectivity index (χ0v) is 16.0. The van der Waals surface area contributed by atoms with Gasteiger partial charge in [0.1, 0.15) is 6.04 Å². The third-order valence-electron chi connectivity index (χ3n) is 4.15. The van der Waals surface area contributed by atoms with Crippen LogP contribution in [0.25, 0.3) is 0 Å². The molecule has 1 aromatic rings. The lowest BCUT2D eigenvalue weighted by molar-refractivity contribution is -0.147. The Labute approximate surface area is 155 Å². The Bertz CT molecular complexity index is 608. The second kappa shape index (κ2) is 10.1. The van der Waals surface area contributed by atoms with E-state index >= 15 is 0 Å². The van der Waals surface area contributed by atoms with Crippen LogP contribution in [0.3, 0.4) is 0 Å². The minimum atomic E-state index is -1.15. The van der Waals surface area contributed by atoms with Crippen LogP contribution in [0.1, 0.15) is 46.1 Å². The highest BCUT2D eigenvalue weighted by Crippen LogP contribution is 2.19.